The summed E-state index contributed by atoms with van der Waals surface area (Å²) in [5, 5.41) is 4.60. The largest absolute Gasteiger partial charge is 0.497 e. The Morgan fingerprint density at radius 1 is 1.09 bits per heavy atom. The van der Waals surface area contributed by atoms with E-state index in [1.54, 1.807) is 56.5 Å². The van der Waals surface area contributed by atoms with Gasteiger partial charge in [0.25, 0.3) is 5.91 Å². The third-order valence-corrected chi connectivity index (χ3v) is 5.54. The summed E-state index contributed by atoms with van der Waals surface area (Å²) < 4.78 is 16.8. The predicted molar refractivity (Wildman–Crippen MR) is 135 cm³/mol. The summed E-state index contributed by atoms with van der Waals surface area (Å²) >= 11 is 15.3. The molecular weight excluding hydrogens is 547 g/mol. The third kappa shape index (κ3) is 6.50. The molecule has 34 heavy (non-hydrogen) atoms. The van der Waals surface area contributed by atoms with Gasteiger partial charge < -0.3 is 14.2 Å². The van der Waals surface area contributed by atoms with Crippen LogP contribution in [0.25, 0.3) is 0 Å². The first-order valence-corrected chi connectivity index (χ1v) is 11.5. The molecule has 0 bridgehead atoms. The molecule has 3 aromatic rings. The van der Waals surface area contributed by atoms with Crippen LogP contribution in [0.1, 0.15) is 33.2 Å². The van der Waals surface area contributed by atoms with Crippen LogP contribution in [0.4, 0.5) is 0 Å². The van der Waals surface area contributed by atoms with Gasteiger partial charge in [-0.1, -0.05) is 23.2 Å². The SMILES string of the molecule is CCOc1cc(/C=N\NC(=O)c2ccc(Cl)cc2Cl)cc(Br)c1OC(=O)c1ccc(OC)cc1. The molecule has 1 N–H and O–H groups in total. The zero-order chi connectivity index (χ0) is 24.7. The quantitative estimate of drug-likeness (QED) is 0.153. The first-order chi connectivity index (χ1) is 16.3. The fourth-order valence-corrected chi connectivity index (χ4v) is 3.84. The number of benzene rings is 3. The van der Waals surface area contributed by atoms with E-state index in [9.17, 15) is 9.59 Å². The molecule has 0 saturated carbocycles. The summed E-state index contributed by atoms with van der Waals surface area (Å²) in [6.07, 6.45) is 1.42. The van der Waals surface area contributed by atoms with E-state index in [1.807, 2.05) is 0 Å². The minimum atomic E-state index is -0.558. The van der Waals surface area contributed by atoms with Crippen molar-refractivity contribution in [3.63, 3.8) is 0 Å². The number of methoxy groups -OCH3 is 1. The Hall–Kier alpha value is -3.07. The fourth-order valence-electron chi connectivity index (χ4n) is 2.80. The molecular formula is C24H19BrCl2N2O5. The van der Waals surface area contributed by atoms with Crippen LogP contribution < -0.4 is 19.6 Å². The van der Waals surface area contributed by atoms with Gasteiger partial charge >= 0.3 is 5.97 Å². The van der Waals surface area contributed by atoms with Crippen molar-refractivity contribution >= 4 is 57.2 Å². The van der Waals surface area contributed by atoms with Crippen LogP contribution in [0.3, 0.4) is 0 Å². The van der Waals surface area contributed by atoms with Crippen molar-refractivity contribution in [2.75, 3.05) is 13.7 Å². The zero-order valence-electron chi connectivity index (χ0n) is 18.1. The number of nitrogens with zero attached hydrogens (tertiary/aromatic N) is 1. The van der Waals surface area contributed by atoms with E-state index in [4.69, 9.17) is 37.4 Å². The van der Waals surface area contributed by atoms with Gasteiger partial charge in [-0.15, -0.1) is 0 Å². The summed E-state index contributed by atoms with van der Waals surface area (Å²) in [5.74, 6) is 0.121. The molecule has 0 fully saturated rings. The van der Waals surface area contributed by atoms with Crippen molar-refractivity contribution in [2.24, 2.45) is 5.10 Å². The van der Waals surface area contributed by atoms with Crippen molar-refractivity contribution in [3.05, 3.63) is 85.8 Å². The average Bonchev–Trinajstić information content (AvgIpc) is 2.81. The summed E-state index contributed by atoms with van der Waals surface area (Å²) in [6, 6.07) is 14.4. The topological polar surface area (TPSA) is 86.2 Å². The predicted octanol–water partition coefficient (Wildman–Crippen LogP) is 6.15. The van der Waals surface area contributed by atoms with Crippen LogP contribution in [0, 0.1) is 0 Å². The molecule has 3 aromatic carbocycles. The molecule has 176 valence electrons. The number of hydrazone groups is 1. The molecule has 0 aliphatic rings. The van der Waals surface area contributed by atoms with Gasteiger partial charge in [-0.2, -0.15) is 5.10 Å². The number of hydrogen-bond donors (Lipinski definition) is 1. The smallest absolute Gasteiger partial charge is 0.343 e. The Kier molecular flexibility index (Phi) is 8.92. The molecule has 0 spiro atoms. The fraction of sp³-hybridized carbons (Fsp3) is 0.125. The summed E-state index contributed by atoms with van der Waals surface area (Å²) in [7, 11) is 1.54. The molecule has 0 aliphatic carbocycles. The lowest BCUT2D eigenvalue weighted by Gasteiger charge is -2.13. The van der Waals surface area contributed by atoms with Crippen molar-refractivity contribution in [1.29, 1.82) is 0 Å². The Labute approximate surface area is 214 Å². The van der Waals surface area contributed by atoms with Gasteiger partial charge in [-0.3, -0.25) is 4.79 Å². The number of carbonyl (C=O) groups is 2. The molecule has 7 nitrogen and oxygen atoms in total. The van der Waals surface area contributed by atoms with Crippen LogP contribution in [-0.2, 0) is 0 Å². The normalized spacial score (nSPS) is 10.7. The minimum Gasteiger partial charge on any atom is -0.497 e. The van der Waals surface area contributed by atoms with Gasteiger partial charge in [-0.25, -0.2) is 10.2 Å². The van der Waals surface area contributed by atoms with E-state index in [1.165, 1.54) is 18.3 Å². The maximum Gasteiger partial charge on any atom is 0.343 e. The Bertz CT molecular complexity index is 1230. The van der Waals surface area contributed by atoms with Gasteiger partial charge in [0, 0.05) is 5.02 Å². The summed E-state index contributed by atoms with van der Waals surface area (Å²) in [6.45, 7) is 2.14. The molecule has 0 radical (unpaired) electrons. The highest BCUT2D eigenvalue weighted by Crippen LogP contribution is 2.37. The average molecular weight is 566 g/mol. The number of halogens is 3. The number of nitrogens with one attached hydrogen (secondary N) is 1. The Morgan fingerprint density at radius 3 is 2.47 bits per heavy atom. The second-order valence-electron chi connectivity index (χ2n) is 6.70. The molecule has 10 heteroatoms. The number of carbonyl (C=O) groups excluding carboxylic acids is 2. The number of amides is 1. The van der Waals surface area contributed by atoms with Crippen LogP contribution >= 0.6 is 39.1 Å². The van der Waals surface area contributed by atoms with Gasteiger partial charge in [0.05, 0.1) is 40.6 Å². The highest BCUT2D eigenvalue weighted by atomic mass is 79.9. The summed E-state index contributed by atoms with van der Waals surface area (Å²) in [4.78, 5) is 24.9. The molecule has 0 aliphatic heterocycles. The maximum atomic E-state index is 12.6. The third-order valence-electron chi connectivity index (χ3n) is 4.41. The van der Waals surface area contributed by atoms with Gasteiger partial charge in [0.2, 0.25) is 0 Å². The molecule has 0 unspecified atom stereocenters. The molecule has 0 heterocycles. The van der Waals surface area contributed by atoms with Crippen LogP contribution in [-0.4, -0.2) is 31.8 Å². The lowest BCUT2D eigenvalue weighted by atomic mass is 10.2. The van der Waals surface area contributed by atoms with E-state index < -0.39 is 11.9 Å². The lowest BCUT2D eigenvalue weighted by molar-refractivity contribution is 0.0726. The standard InChI is InChI=1S/C24H19BrCl2N2O5/c1-3-33-21-11-14(13-28-29-23(30)18-9-6-16(26)12-20(18)27)10-19(25)22(21)34-24(31)15-4-7-17(32-2)8-5-15/h4-13H,3H2,1-2H3,(H,29,30)/b28-13-. The molecule has 1 amide bonds. The van der Waals surface area contributed by atoms with Crippen molar-refractivity contribution < 1.29 is 23.8 Å². The number of hydrogen-bond acceptors (Lipinski definition) is 6. The van der Waals surface area contributed by atoms with Gasteiger partial charge in [0.15, 0.2) is 11.5 Å². The van der Waals surface area contributed by atoms with Crippen LogP contribution in [0.2, 0.25) is 10.0 Å². The van der Waals surface area contributed by atoms with Crippen LogP contribution in [0.5, 0.6) is 17.2 Å². The minimum absolute atomic E-state index is 0.213. The van der Waals surface area contributed by atoms with E-state index in [2.05, 4.69) is 26.5 Å². The van der Waals surface area contributed by atoms with E-state index >= 15 is 0 Å². The molecule has 0 aromatic heterocycles. The van der Waals surface area contributed by atoms with Crippen molar-refractivity contribution in [2.45, 2.75) is 6.92 Å². The Balaban J connectivity index is 1.77. The van der Waals surface area contributed by atoms with Gasteiger partial charge in [-0.05, 0) is 83.0 Å². The number of ether oxygens (including phenoxy) is 3. The van der Waals surface area contributed by atoms with Crippen molar-refractivity contribution in [1.82, 2.24) is 5.43 Å². The van der Waals surface area contributed by atoms with Crippen molar-refractivity contribution in [3.8, 4) is 17.2 Å². The molecule has 3 rings (SSSR count). The molecule has 0 saturated heterocycles. The van der Waals surface area contributed by atoms with Crippen LogP contribution in [0.15, 0.2) is 64.2 Å². The monoisotopic (exact) mass is 564 g/mol. The Morgan fingerprint density at radius 2 is 1.82 bits per heavy atom. The lowest BCUT2D eigenvalue weighted by Crippen LogP contribution is -2.18. The van der Waals surface area contributed by atoms with E-state index in [0.29, 0.717) is 38.7 Å². The maximum absolute atomic E-state index is 12.6. The number of rotatable bonds is 8. The first kappa shape index (κ1) is 25.6. The highest BCUT2D eigenvalue weighted by molar-refractivity contribution is 9.10. The highest BCUT2D eigenvalue weighted by Gasteiger charge is 2.17. The van der Waals surface area contributed by atoms with E-state index in [-0.39, 0.29) is 16.3 Å². The second kappa shape index (κ2) is 11.9. The summed E-state index contributed by atoms with van der Waals surface area (Å²) in [5.41, 5.74) is 3.58. The van der Waals surface area contributed by atoms with Gasteiger partial charge in [0.1, 0.15) is 5.75 Å². The second-order valence-corrected chi connectivity index (χ2v) is 8.40. The number of esters is 1. The molecule has 0 atom stereocenters. The first-order valence-electron chi connectivity index (χ1n) is 9.93. The van der Waals surface area contributed by atoms with E-state index in [0.717, 1.165) is 0 Å². The zero-order valence-corrected chi connectivity index (χ0v) is 21.2.